The van der Waals surface area contributed by atoms with Crippen LogP contribution in [0.2, 0.25) is 0 Å². The normalized spacial score (nSPS) is 11.8. The molecule has 0 fully saturated rings. The summed E-state index contributed by atoms with van der Waals surface area (Å²) in [6.45, 7) is 4.27. The van der Waals surface area contributed by atoms with E-state index in [0.29, 0.717) is 5.92 Å². The summed E-state index contributed by atoms with van der Waals surface area (Å²) in [7, 11) is 0. The quantitative estimate of drug-likeness (QED) is 0.595. The molecule has 0 bridgehead atoms. The Balaban J connectivity index is 3.46. The van der Waals surface area contributed by atoms with E-state index in [1.807, 2.05) is 6.11 Å². The third-order valence-corrected chi connectivity index (χ3v) is 1.67. The summed E-state index contributed by atoms with van der Waals surface area (Å²) < 4.78 is 0. The Labute approximate surface area is 63.5 Å². The lowest BCUT2D eigenvalue weighted by atomic mass is 10.0. The minimum atomic E-state index is 0.407. The lowest BCUT2D eigenvalue weighted by molar-refractivity contribution is 0.503. The number of unbranched alkanes of at least 4 members (excludes halogenated alkanes) is 1. The molecule has 10 heavy (non-hydrogen) atoms. The number of aliphatic hydroxyl groups excluding tert-OH is 1. The van der Waals surface area contributed by atoms with Crippen LogP contribution in [-0.2, 0) is 0 Å². The average molecular weight is 140 g/mol. The minimum Gasteiger partial charge on any atom is -0.462 e. The molecule has 0 saturated carbocycles. The topological polar surface area (TPSA) is 20.2 Å². The second-order valence-electron chi connectivity index (χ2n) is 2.50. The fraction of sp³-hybridized carbons (Fsp3) is 0.778. The van der Waals surface area contributed by atoms with Crippen molar-refractivity contribution in [2.24, 2.45) is 5.92 Å². The zero-order valence-electron chi connectivity index (χ0n) is 6.85. The summed E-state index contributed by atoms with van der Waals surface area (Å²) in [5, 5.41) is 8.31. The largest absolute Gasteiger partial charge is 0.462 e. The molecule has 0 aromatic rings. The maximum absolute atomic E-state index is 8.31. The fourth-order valence-corrected chi connectivity index (χ4v) is 0.920. The SMILES string of the molecule is CCCCC(C#CO)CC. The van der Waals surface area contributed by atoms with Gasteiger partial charge in [0.2, 0.25) is 0 Å². The van der Waals surface area contributed by atoms with Crippen LogP contribution in [0, 0.1) is 17.9 Å². The standard InChI is InChI=1S/C9H16O/c1-3-5-6-9(4-2)7-8-10/h9-10H,3-6H2,1-2H3. The predicted octanol–water partition coefficient (Wildman–Crippen LogP) is 2.54. The van der Waals surface area contributed by atoms with Crippen molar-refractivity contribution in [3.63, 3.8) is 0 Å². The van der Waals surface area contributed by atoms with E-state index in [9.17, 15) is 0 Å². The van der Waals surface area contributed by atoms with E-state index in [4.69, 9.17) is 5.11 Å². The van der Waals surface area contributed by atoms with Gasteiger partial charge in [0.05, 0.1) is 0 Å². The average Bonchev–Trinajstić information content (AvgIpc) is 1.98. The number of hydrogen-bond acceptors (Lipinski definition) is 1. The first kappa shape index (κ1) is 9.36. The van der Waals surface area contributed by atoms with Gasteiger partial charge in [0.15, 0.2) is 0 Å². The van der Waals surface area contributed by atoms with Crippen molar-refractivity contribution in [1.82, 2.24) is 0 Å². The molecule has 1 heteroatoms. The number of rotatable bonds is 4. The third kappa shape index (κ3) is 4.26. The predicted molar refractivity (Wildman–Crippen MR) is 43.0 cm³/mol. The molecule has 0 aromatic heterocycles. The number of aliphatic hydroxyl groups is 1. The summed E-state index contributed by atoms with van der Waals surface area (Å²) in [6.07, 6.45) is 6.58. The summed E-state index contributed by atoms with van der Waals surface area (Å²) in [4.78, 5) is 0. The Hall–Kier alpha value is -0.640. The Morgan fingerprint density at radius 1 is 1.40 bits per heavy atom. The summed E-state index contributed by atoms with van der Waals surface area (Å²) in [5.41, 5.74) is 0. The van der Waals surface area contributed by atoms with E-state index in [1.165, 1.54) is 12.8 Å². The molecular formula is C9H16O. The molecule has 0 aromatic carbocycles. The van der Waals surface area contributed by atoms with Crippen molar-refractivity contribution in [3.8, 4) is 12.0 Å². The molecule has 1 unspecified atom stereocenters. The van der Waals surface area contributed by atoms with Crippen LogP contribution in [0.3, 0.4) is 0 Å². The first-order valence-corrected chi connectivity index (χ1v) is 3.99. The van der Waals surface area contributed by atoms with Crippen LogP contribution < -0.4 is 0 Å². The lowest BCUT2D eigenvalue weighted by Gasteiger charge is -2.03. The van der Waals surface area contributed by atoms with Gasteiger partial charge in [-0.25, -0.2) is 0 Å². The summed E-state index contributed by atoms with van der Waals surface area (Å²) in [6, 6.07) is 0. The highest BCUT2D eigenvalue weighted by molar-refractivity contribution is 4.96. The van der Waals surface area contributed by atoms with Gasteiger partial charge < -0.3 is 5.11 Å². The van der Waals surface area contributed by atoms with Gasteiger partial charge in [0.1, 0.15) is 6.11 Å². The molecule has 0 radical (unpaired) electrons. The molecule has 0 rings (SSSR count). The zero-order chi connectivity index (χ0) is 7.82. The molecule has 0 amide bonds. The van der Waals surface area contributed by atoms with Crippen LogP contribution in [-0.4, -0.2) is 5.11 Å². The molecule has 0 spiro atoms. The van der Waals surface area contributed by atoms with Crippen LogP contribution in [0.5, 0.6) is 0 Å². The Kier molecular flexibility index (Phi) is 6.06. The molecule has 0 aliphatic rings. The van der Waals surface area contributed by atoms with E-state index in [0.717, 1.165) is 12.8 Å². The van der Waals surface area contributed by atoms with Gasteiger partial charge in [-0.05, 0) is 12.8 Å². The smallest absolute Gasteiger partial charge is 0.107 e. The van der Waals surface area contributed by atoms with Gasteiger partial charge in [0, 0.05) is 5.92 Å². The molecular weight excluding hydrogens is 124 g/mol. The van der Waals surface area contributed by atoms with E-state index in [1.54, 1.807) is 0 Å². The van der Waals surface area contributed by atoms with Gasteiger partial charge in [-0.3, -0.25) is 0 Å². The van der Waals surface area contributed by atoms with Crippen molar-refractivity contribution in [2.45, 2.75) is 39.5 Å². The highest BCUT2D eigenvalue weighted by Gasteiger charge is 1.99. The van der Waals surface area contributed by atoms with Gasteiger partial charge in [-0.2, -0.15) is 0 Å². The lowest BCUT2D eigenvalue weighted by Crippen LogP contribution is -1.93. The van der Waals surface area contributed by atoms with E-state index in [2.05, 4.69) is 19.8 Å². The molecule has 0 heterocycles. The fourth-order valence-electron chi connectivity index (χ4n) is 0.920. The molecule has 1 N–H and O–H groups in total. The van der Waals surface area contributed by atoms with E-state index in [-0.39, 0.29) is 0 Å². The van der Waals surface area contributed by atoms with Crippen LogP contribution in [0.4, 0.5) is 0 Å². The van der Waals surface area contributed by atoms with Crippen molar-refractivity contribution >= 4 is 0 Å². The highest BCUT2D eigenvalue weighted by atomic mass is 16.2. The molecule has 0 aliphatic heterocycles. The van der Waals surface area contributed by atoms with Crippen LogP contribution in [0.15, 0.2) is 0 Å². The minimum absolute atomic E-state index is 0.407. The third-order valence-electron chi connectivity index (χ3n) is 1.67. The summed E-state index contributed by atoms with van der Waals surface area (Å²) in [5.74, 6) is 3.18. The first-order valence-electron chi connectivity index (χ1n) is 3.99. The Morgan fingerprint density at radius 3 is 2.50 bits per heavy atom. The van der Waals surface area contributed by atoms with E-state index < -0.39 is 0 Å². The van der Waals surface area contributed by atoms with Crippen molar-refractivity contribution in [2.75, 3.05) is 0 Å². The Morgan fingerprint density at radius 2 is 2.10 bits per heavy atom. The van der Waals surface area contributed by atoms with Gasteiger partial charge >= 0.3 is 0 Å². The van der Waals surface area contributed by atoms with Crippen LogP contribution >= 0.6 is 0 Å². The van der Waals surface area contributed by atoms with Crippen LogP contribution in [0.1, 0.15) is 39.5 Å². The van der Waals surface area contributed by atoms with Crippen molar-refractivity contribution in [3.05, 3.63) is 0 Å². The van der Waals surface area contributed by atoms with Crippen molar-refractivity contribution < 1.29 is 5.11 Å². The Bertz CT molecular complexity index is 118. The van der Waals surface area contributed by atoms with E-state index >= 15 is 0 Å². The van der Waals surface area contributed by atoms with Crippen molar-refractivity contribution in [1.29, 1.82) is 0 Å². The molecule has 0 aliphatic carbocycles. The molecule has 0 saturated heterocycles. The molecule has 1 nitrogen and oxygen atoms in total. The maximum Gasteiger partial charge on any atom is 0.107 e. The monoisotopic (exact) mass is 140 g/mol. The number of hydrogen-bond donors (Lipinski definition) is 1. The van der Waals surface area contributed by atoms with Gasteiger partial charge in [-0.15, -0.1) is 0 Å². The maximum atomic E-state index is 8.31. The highest BCUT2D eigenvalue weighted by Crippen LogP contribution is 2.10. The van der Waals surface area contributed by atoms with Gasteiger partial charge in [-0.1, -0.05) is 32.6 Å². The van der Waals surface area contributed by atoms with Gasteiger partial charge in [0.25, 0.3) is 0 Å². The van der Waals surface area contributed by atoms with Crippen LogP contribution in [0.25, 0.3) is 0 Å². The second-order valence-corrected chi connectivity index (χ2v) is 2.50. The second kappa shape index (κ2) is 6.48. The summed E-state index contributed by atoms with van der Waals surface area (Å²) >= 11 is 0. The molecule has 58 valence electrons. The zero-order valence-corrected chi connectivity index (χ0v) is 6.85. The first-order chi connectivity index (χ1) is 4.85. The molecule has 1 atom stereocenters.